The molecule has 0 amide bonds. The Balaban J connectivity index is 1.69. The van der Waals surface area contributed by atoms with E-state index in [1.165, 1.54) is 25.7 Å². The Morgan fingerprint density at radius 3 is 2.87 bits per heavy atom. The van der Waals surface area contributed by atoms with Gasteiger partial charge in [-0.2, -0.15) is 0 Å². The Morgan fingerprint density at radius 1 is 1.33 bits per heavy atom. The van der Waals surface area contributed by atoms with Crippen LogP contribution in [-0.4, -0.2) is 38.5 Å². The van der Waals surface area contributed by atoms with Gasteiger partial charge in [0.1, 0.15) is 0 Å². The van der Waals surface area contributed by atoms with Crippen molar-refractivity contribution in [1.29, 1.82) is 0 Å². The Hall–Kier alpha value is -0.120. The molecule has 1 N–H and O–H groups in total. The summed E-state index contributed by atoms with van der Waals surface area (Å²) in [6.07, 6.45) is 5.33. The van der Waals surface area contributed by atoms with Crippen molar-refractivity contribution in [1.82, 2.24) is 5.32 Å². The zero-order valence-corrected chi connectivity index (χ0v) is 9.71. The SMILES string of the molecule is CCC(NCC1CCCO1)C1CCOC1. The molecule has 0 aliphatic carbocycles. The molecule has 0 spiro atoms. The smallest absolute Gasteiger partial charge is 0.0700 e. The van der Waals surface area contributed by atoms with E-state index in [2.05, 4.69) is 12.2 Å². The predicted molar refractivity (Wildman–Crippen MR) is 60.0 cm³/mol. The lowest BCUT2D eigenvalue weighted by Gasteiger charge is -2.24. The third kappa shape index (κ3) is 3.16. The first-order valence-corrected chi connectivity index (χ1v) is 6.33. The molecule has 3 atom stereocenters. The minimum atomic E-state index is 0.460. The zero-order chi connectivity index (χ0) is 10.5. The van der Waals surface area contributed by atoms with Crippen molar-refractivity contribution in [2.75, 3.05) is 26.4 Å². The molecule has 0 aromatic rings. The first kappa shape index (κ1) is 11.4. The second kappa shape index (κ2) is 5.83. The molecular formula is C12H23NO2. The summed E-state index contributed by atoms with van der Waals surface area (Å²) in [5.41, 5.74) is 0. The van der Waals surface area contributed by atoms with Gasteiger partial charge >= 0.3 is 0 Å². The molecule has 0 saturated carbocycles. The summed E-state index contributed by atoms with van der Waals surface area (Å²) >= 11 is 0. The highest BCUT2D eigenvalue weighted by molar-refractivity contribution is 4.80. The fourth-order valence-electron chi connectivity index (χ4n) is 2.60. The number of hydrogen-bond acceptors (Lipinski definition) is 3. The van der Waals surface area contributed by atoms with Gasteiger partial charge in [0, 0.05) is 25.8 Å². The minimum absolute atomic E-state index is 0.460. The van der Waals surface area contributed by atoms with E-state index in [-0.39, 0.29) is 0 Å². The van der Waals surface area contributed by atoms with Crippen LogP contribution in [0.3, 0.4) is 0 Å². The standard InChI is InChI=1S/C12H23NO2/c1-2-12(10-5-7-14-9-10)13-8-11-4-3-6-15-11/h10-13H,2-9H2,1H3. The summed E-state index contributed by atoms with van der Waals surface area (Å²) in [5.74, 6) is 0.719. The molecular weight excluding hydrogens is 190 g/mol. The molecule has 0 bridgehead atoms. The highest BCUT2D eigenvalue weighted by Crippen LogP contribution is 2.19. The van der Waals surface area contributed by atoms with Crippen molar-refractivity contribution in [3.8, 4) is 0 Å². The second-order valence-electron chi connectivity index (χ2n) is 4.68. The Labute approximate surface area is 92.5 Å². The molecule has 0 aromatic carbocycles. The largest absolute Gasteiger partial charge is 0.381 e. The van der Waals surface area contributed by atoms with Crippen LogP contribution in [0.4, 0.5) is 0 Å². The Kier molecular flexibility index (Phi) is 4.42. The number of nitrogens with one attached hydrogen (secondary N) is 1. The molecule has 2 fully saturated rings. The second-order valence-corrected chi connectivity index (χ2v) is 4.68. The highest BCUT2D eigenvalue weighted by Gasteiger charge is 2.25. The maximum absolute atomic E-state index is 5.62. The van der Waals surface area contributed by atoms with Gasteiger partial charge in [-0.25, -0.2) is 0 Å². The van der Waals surface area contributed by atoms with Gasteiger partial charge in [-0.1, -0.05) is 6.92 Å². The van der Waals surface area contributed by atoms with E-state index in [1.54, 1.807) is 0 Å². The van der Waals surface area contributed by atoms with Crippen LogP contribution in [0, 0.1) is 5.92 Å². The van der Waals surface area contributed by atoms with E-state index in [1.807, 2.05) is 0 Å². The first-order valence-electron chi connectivity index (χ1n) is 6.33. The molecule has 2 aliphatic heterocycles. The van der Waals surface area contributed by atoms with Crippen LogP contribution in [0.15, 0.2) is 0 Å². The van der Waals surface area contributed by atoms with Gasteiger partial charge in [0.15, 0.2) is 0 Å². The lowest BCUT2D eigenvalue weighted by atomic mass is 9.96. The van der Waals surface area contributed by atoms with E-state index in [0.717, 1.165) is 32.3 Å². The van der Waals surface area contributed by atoms with Crippen LogP contribution < -0.4 is 5.32 Å². The first-order chi connectivity index (χ1) is 7.40. The summed E-state index contributed by atoms with van der Waals surface area (Å²) < 4.78 is 11.1. The molecule has 3 unspecified atom stereocenters. The van der Waals surface area contributed by atoms with Crippen molar-refractivity contribution in [3.05, 3.63) is 0 Å². The van der Waals surface area contributed by atoms with Crippen molar-refractivity contribution in [3.63, 3.8) is 0 Å². The van der Waals surface area contributed by atoms with Crippen LogP contribution in [-0.2, 0) is 9.47 Å². The average molecular weight is 213 g/mol. The highest BCUT2D eigenvalue weighted by atomic mass is 16.5. The van der Waals surface area contributed by atoms with E-state index in [0.29, 0.717) is 12.1 Å². The van der Waals surface area contributed by atoms with Gasteiger partial charge in [-0.15, -0.1) is 0 Å². The number of ether oxygens (including phenoxy) is 2. The van der Waals surface area contributed by atoms with Crippen LogP contribution >= 0.6 is 0 Å². The molecule has 88 valence electrons. The maximum Gasteiger partial charge on any atom is 0.0700 e. The van der Waals surface area contributed by atoms with Crippen molar-refractivity contribution < 1.29 is 9.47 Å². The molecule has 0 aromatic heterocycles. The van der Waals surface area contributed by atoms with Gasteiger partial charge in [-0.3, -0.25) is 0 Å². The number of rotatable bonds is 5. The monoisotopic (exact) mass is 213 g/mol. The fraction of sp³-hybridized carbons (Fsp3) is 1.00. The van der Waals surface area contributed by atoms with E-state index >= 15 is 0 Å². The topological polar surface area (TPSA) is 30.5 Å². The third-order valence-corrected chi connectivity index (χ3v) is 3.61. The lowest BCUT2D eigenvalue weighted by molar-refractivity contribution is 0.103. The summed E-state index contributed by atoms with van der Waals surface area (Å²) in [5, 5.41) is 3.65. The summed E-state index contributed by atoms with van der Waals surface area (Å²) in [6.45, 7) is 6.12. The molecule has 15 heavy (non-hydrogen) atoms. The van der Waals surface area contributed by atoms with Crippen molar-refractivity contribution >= 4 is 0 Å². The molecule has 3 nitrogen and oxygen atoms in total. The van der Waals surface area contributed by atoms with Gasteiger partial charge < -0.3 is 14.8 Å². The van der Waals surface area contributed by atoms with Crippen molar-refractivity contribution in [2.24, 2.45) is 5.92 Å². The van der Waals surface area contributed by atoms with E-state index < -0.39 is 0 Å². The van der Waals surface area contributed by atoms with E-state index in [4.69, 9.17) is 9.47 Å². The minimum Gasteiger partial charge on any atom is -0.381 e. The molecule has 2 heterocycles. The van der Waals surface area contributed by atoms with Gasteiger partial charge in [0.05, 0.1) is 12.7 Å². The lowest BCUT2D eigenvalue weighted by Crippen LogP contribution is -2.40. The Morgan fingerprint density at radius 2 is 2.27 bits per heavy atom. The van der Waals surface area contributed by atoms with Crippen LogP contribution in [0.25, 0.3) is 0 Å². The normalized spacial score (nSPS) is 33.4. The summed E-state index contributed by atoms with van der Waals surface area (Å²) in [7, 11) is 0. The quantitative estimate of drug-likeness (QED) is 0.752. The van der Waals surface area contributed by atoms with E-state index in [9.17, 15) is 0 Å². The molecule has 2 aliphatic rings. The fourth-order valence-corrected chi connectivity index (χ4v) is 2.60. The summed E-state index contributed by atoms with van der Waals surface area (Å²) in [6, 6.07) is 0.622. The molecule has 3 heteroatoms. The van der Waals surface area contributed by atoms with Crippen LogP contribution in [0.5, 0.6) is 0 Å². The Bertz CT molecular complexity index is 174. The molecule has 2 rings (SSSR count). The number of hydrogen-bond donors (Lipinski definition) is 1. The summed E-state index contributed by atoms with van der Waals surface area (Å²) in [4.78, 5) is 0. The third-order valence-electron chi connectivity index (χ3n) is 3.61. The van der Waals surface area contributed by atoms with Gasteiger partial charge in [0.2, 0.25) is 0 Å². The maximum atomic E-state index is 5.62. The predicted octanol–water partition coefficient (Wildman–Crippen LogP) is 1.57. The molecule has 2 saturated heterocycles. The van der Waals surface area contributed by atoms with Gasteiger partial charge in [0.25, 0.3) is 0 Å². The van der Waals surface area contributed by atoms with Crippen LogP contribution in [0.1, 0.15) is 32.6 Å². The average Bonchev–Trinajstić information content (AvgIpc) is 2.90. The van der Waals surface area contributed by atoms with Gasteiger partial charge in [-0.05, 0) is 31.6 Å². The van der Waals surface area contributed by atoms with Crippen molar-refractivity contribution in [2.45, 2.75) is 44.8 Å². The van der Waals surface area contributed by atoms with Crippen LogP contribution in [0.2, 0.25) is 0 Å². The molecule has 0 radical (unpaired) electrons. The zero-order valence-electron chi connectivity index (χ0n) is 9.71.